The van der Waals surface area contributed by atoms with Crippen molar-refractivity contribution in [1.29, 1.82) is 0 Å². The zero-order chi connectivity index (χ0) is 22.8. The van der Waals surface area contributed by atoms with Crippen molar-refractivity contribution in [2.45, 2.75) is 65.1 Å². The Labute approximate surface area is 190 Å². The second kappa shape index (κ2) is 7.35. The molecule has 0 unspecified atom stereocenters. The predicted octanol–water partition coefficient (Wildman–Crippen LogP) is 4.76. The molecule has 0 saturated carbocycles. The van der Waals surface area contributed by atoms with E-state index in [9.17, 15) is 4.79 Å². The van der Waals surface area contributed by atoms with Gasteiger partial charge in [0.05, 0.1) is 18.4 Å². The summed E-state index contributed by atoms with van der Waals surface area (Å²) in [6.45, 7) is 12.6. The molecule has 32 heavy (non-hydrogen) atoms. The van der Waals surface area contributed by atoms with E-state index in [1.807, 2.05) is 27.7 Å². The molecule has 3 aliphatic rings. The molecule has 2 aliphatic carbocycles. The first kappa shape index (κ1) is 21.5. The van der Waals surface area contributed by atoms with Crippen LogP contribution < -0.4 is 0 Å². The van der Waals surface area contributed by atoms with Crippen LogP contribution in [0.2, 0.25) is 0 Å². The van der Waals surface area contributed by atoms with E-state index in [4.69, 9.17) is 13.9 Å². The summed E-state index contributed by atoms with van der Waals surface area (Å²) >= 11 is 0. The third-order valence-corrected chi connectivity index (χ3v) is 8.14. The van der Waals surface area contributed by atoms with Gasteiger partial charge < -0.3 is 23.8 Å². The first-order valence-corrected chi connectivity index (χ1v) is 11.7. The summed E-state index contributed by atoms with van der Waals surface area (Å²) in [6, 6.07) is 2.09. The molecule has 1 fully saturated rings. The molecule has 4 atom stereocenters. The Hall–Kier alpha value is -2.31. The molecule has 0 aromatic carbocycles. The number of H-pyrrole nitrogens is 1. The third-order valence-electron chi connectivity index (χ3n) is 8.14. The smallest absolute Gasteiger partial charge is 0.340 e. The largest absolute Gasteiger partial charge is 0.469 e. The van der Waals surface area contributed by atoms with Crippen molar-refractivity contribution in [1.82, 2.24) is 9.88 Å². The summed E-state index contributed by atoms with van der Waals surface area (Å²) in [4.78, 5) is 18.8. The quantitative estimate of drug-likeness (QED) is 0.553. The fourth-order valence-electron chi connectivity index (χ4n) is 6.70. The number of carbonyl (C=O) groups is 1. The average Bonchev–Trinajstić information content (AvgIpc) is 3.36. The second-order valence-electron chi connectivity index (χ2n) is 10.1. The zero-order valence-corrected chi connectivity index (χ0v) is 20.0. The minimum atomic E-state index is -0.459. The number of aryl methyl sites for hydroxylation is 2. The predicted molar refractivity (Wildman–Crippen MR) is 122 cm³/mol. The first-order chi connectivity index (χ1) is 15.2. The minimum absolute atomic E-state index is 0.258. The Bertz CT molecular complexity index is 1100. The molecule has 5 rings (SSSR count). The number of carbonyl (C=O) groups excluding carboxylic acids is 1. The number of likely N-dealkylation sites (N-methyl/N-ethyl adjacent to an activating group) is 1. The van der Waals surface area contributed by atoms with E-state index in [1.165, 1.54) is 11.1 Å². The normalized spacial score (nSPS) is 30.7. The minimum Gasteiger partial charge on any atom is -0.469 e. The molecule has 0 amide bonds. The maximum Gasteiger partial charge on any atom is 0.340 e. The van der Waals surface area contributed by atoms with Gasteiger partial charge in [0.1, 0.15) is 17.5 Å². The third kappa shape index (κ3) is 2.82. The van der Waals surface area contributed by atoms with E-state index in [2.05, 4.69) is 36.0 Å². The van der Waals surface area contributed by atoms with Crippen molar-refractivity contribution in [2.24, 2.45) is 5.41 Å². The van der Waals surface area contributed by atoms with Gasteiger partial charge >= 0.3 is 5.97 Å². The Morgan fingerprint density at radius 3 is 2.81 bits per heavy atom. The lowest BCUT2D eigenvalue weighted by Crippen LogP contribution is -2.54. The van der Waals surface area contributed by atoms with Gasteiger partial charge in [0, 0.05) is 47.8 Å². The lowest BCUT2D eigenvalue weighted by atomic mass is 9.58. The fourth-order valence-corrected chi connectivity index (χ4v) is 6.70. The van der Waals surface area contributed by atoms with Crippen molar-refractivity contribution in [3.05, 3.63) is 57.8 Å². The highest BCUT2D eigenvalue weighted by molar-refractivity contribution is 5.93. The van der Waals surface area contributed by atoms with Gasteiger partial charge in [-0.1, -0.05) is 13.0 Å². The van der Waals surface area contributed by atoms with Crippen molar-refractivity contribution >= 4 is 5.97 Å². The molecule has 1 aliphatic heterocycles. The van der Waals surface area contributed by atoms with E-state index in [0.29, 0.717) is 12.2 Å². The number of hydrogen-bond donors (Lipinski definition) is 1. The highest BCUT2D eigenvalue weighted by Crippen LogP contribution is 2.65. The van der Waals surface area contributed by atoms with Crippen LogP contribution in [0.5, 0.6) is 0 Å². The molecular formula is C26H34N2O4. The SMILES string of the molecule is Cc1[nH]c(C)c(C(=O)O[C@H](C)C2=CC[C@@]34OCCN(C)C[C@@]23C[C@@H](C)c2occc24)c1C. The van der Waals surface area contributed by atoms with Crippen LogP contribution in [0, 0.1) is 26.2 Å². The highest BCUT2D eigenvalue weighted by Gasteiger charge is 2.64. The first-order valence-electron chi connectivity index (χ1n) is 11.7. The number of aromatic nitrogens is 1. The Morgan fingerprint density at radius 2 is 2.09 bits per heavy atom. The van der Waals surface area contributed by atoms with Gasteiger partial charge in [-0.25, -0.2) is 4.79 Å². The number of nitrogens with zero attached hydrogens (tertiary/aromatic N) is 1. The Kier molecular flexibility index (Phi) is 4.95. The van der Waals surface area contributed by atoms with Gasteiger partial charge in [-0.3, -0.25) is 0 Å². The maximum absolute atomic E-state index is 13.2. The highest BCUT2D eigenvalue weighted by atomic mass is 16.5. The number of furan rings is 1. The van der Waals surface area contributed by atoms with Crippen molar-refractivity contribution in [3.63, 3.8) is 0 Å². The van der Waals surface area contributed by atoms with Gasteiger partial charge in [-0.15, -0.1) is 0 Å². The molecule has 6 heteroatoms. The number of nitrogens with one attached hydrogen (secondary N) is 1. The van der Waals surface area contributed by atoms with Crippen LogP contribution in [0.1, 0.15) is 71.2 Å². The number of ether oxygens (including phenoxy) is 2. The molecular weight excluding hydrogens is 404 g/mol. The molecule has 0 radical (unpaired) electrons. The lowest BCUT2D eigenvalue weighted by molar-refractivity contribution is -0.121. The second-order valence-corrected chi connectivity index (χ2v) is 10.1. The Balaban J connectivity index is 1.53. The van der Waals surface area contributed by atoms with Gasteiger partial charge in [0.25, 0.3) is 0 Å². The summed E-state index contributed by atoms with van der Waals surface area (Å²) in [5.74, 6) is 1.05. The number of aromatic amines is 1. The summed E-state index contributed by atoms with van der Waals surface area (Å²) in [7, 11) is 2.16. The van der Waals surface area contributed by atoms with Crippen molar-refractivity contribution < 1.29 is 18.7 Å². The van der Waals surface area contributed by atoms with E-state index < -0.39 is 5.60 Å². The Morgan fingerprint density at radius 1 is 1.31 bits per heavy atom. The number of rotatable bonds is 3. The van der Waals surface area contributed by atoms with Crippen LogP contribution in [-0.2, 0) is 15.1 Å². The number of hydrogen-bond acceptors (Lipinski definition) is 5. The number of fused-ring (bicyclic) bond motifs is 1. The van der Waals surface area contributed by atoms with Crippen LogP contribution in [0.4, 0.5) is 0 Å². The summed E-state index contributed by atoms with van der Waals surface area (Å²) in [5, 5.41) is 0. The lowest BCUT2D eigenvalue weighted by Gasteiger charge is -2.52. The van der Waals surface area contributed by atoms with E-state index in [0.717, 1.165) is 48.6 Å². The van der Waals surface area contributed by atoms with Gasteiger partial charge in [0.15, 0.2) is 0 Å². The summed E-state index contributed by atoms with van der Waals surface area (Å²) < 4.78 is 18.8. The molecule has 2 aromatic heterocycles. The summed E-state index contributed by atoms with van der Waals surface area (Å²) in [6.07, 6.45) is 5.42. The molecule has 6 nitrogen and oxygen atoms in total. The standard InChI is InChI=1S/C26H34N2O4/c1-15-13-25-14-28(6)10-12-31-26(25,21-8-11-30-23(15)21)9-7-20(25)19(5)32-24(29)22-16(2)17(3)27-18(22)4/h7-8,11,15,19,27H,9-10,12-14H2,1-6H3/t15-,19-,25+,26+/m1/s1. The average molecular weight is 439 g/mol. The van der Waals surface area contributed by atoms with Gasteiger partial charge in [-0.05, 0) is 58.4 Å². The monoisotopic (exact) mass is 438 g/mol. The molecule has 3 heterocycles. The van der Waals surface area contributed by atoms with E-state index >= 15 is 0 Å². The van der Waals surface area contributed by atoms with Crippen LogP contribution >= 0.6 is 0 Å². The molecule has 172 valence electrons. The van der Waals surface area contributed by atoms with Gasteiger partial charge in [0.2, 0.25) is 0 Å². The van der Waals surface area contributed by atoms with Crippen molar-refractivity contribution in [2.75, 3.05) is 26.7 Å². The molecule has 0 spiro atoms. The molecule has 2 aromatic rings. The van der Waals surface area contributed by atoms with Crippen molar-refractivity contribution in [3.8, 4) is 0 Å². The van der Waals surface area contributed by atoms with Crippen LogP contribution in [-0.4, -0.2) is 48.7 Å². The van der Waals surface area contributed by atoms with E-state index in [1.54, 1.807) is 6.26 Å². The topological polar surface area (TPSA) is 67.7 Å². The van der Waals surface area contributed by atoms with E-state index in [-0.39, 0.29) is 23.4 Å². The summed E-state index contributed by atoms with van der Waals surface area (Å²) in [5.41, 5.74) is 5.11. The van der Waals surface area contributed by atoms with Crippen LogP contribution in [0.15, 0.2) is 28.4 Å². The fraction of sp³-hybridized carbons (Fsp3) is 0.577. The van der Waals surface area contributed by atoms with Crippen LogP contribution in [0.25, 0.3) is 0 Å². The number of esters is 1. The van der Waals surface area contributed by atoms with Gasteiger partial charge in [-0.2, -0.15) is 0 Å². The molecule has 0 bridgehead atoms. The zero-order valence-electron chi connectivity index (χ0n) is 20.0. The maximum atomic E-state index is 13.2. The van der Waals surface area contributed by atoms with Crippen LogP contribution in [0.3, 0.4) is 0 Å². The molecule has 1 N–H and O–H groups in total. The molecule has 1 saturated heterocycles.